The SMILES string of the molecule is CC1(C)Oc2ccccc2-c2[nH]c(=S)sc21. The van der Waals surface area contributed by atoms with Crippen molar-refractivity contribution in [2.75, 3.05) is 0 Å². The molecule has 4 heteroatoms. The predicted octanol–water partition coefficient (Wildman–Crippen LogP) is 4.10. The Morgan fingerprint density at radius 2 is 2.06 bits per heavy atom. The summed E-state index contributed by atoms with van der Waals surface area (Å²) in [7, 11) is 0. The Bertz CT molecular complexity index is 609. The van der Waals surface area contributed by atoms with E-state index in [9.17, 15) is 0 Å². The summed E-state index contributed by atoms with van der Waals surface area (Å²) in [6, 6.07) is 8.05. The molecule has 16 heavy (non-hydrogen) atoms. The van der Waals surface area contributed by atoms with Crippen molar-refractivity contribution in [1.29, 1.82) is 0 Å². The monoisotopic (exact) mass is 249 g/mol. The lowest BCUT2D eigenvalue weighted by Gasteiger charge is -2.31. The number of rotatable bonds is 0. The molecule has 0 aliphatic carbocycles. The number of aromatic amines is 1. The fourth-order valence-electron chi connectivity index (χ4n) is 2.03. The molecule has 1 aliphatic rings. The van der Waals surface area contributed by atoms with Crippen LogP contribution in [0.1, 0.15) is 18.7 Å². The topological polar surface area (TPSA) is 25.0 Å². The molecule has 0 saturated carbocycles. The number of thiazole rings is 1. The van der Waals surface area contributed by atoms with Crippen molar-refractivity contribution in [3.8, 4) is 17.0 Å². The minimum absolute atomic E-state index is 0.304. The maximum Gasteiger partial charge on any atom is 0.159 e. The number of hydrogen-bond donors (Lipinski definition) is 1. The van der Waals surface area contributed by atoms with E-state index in [1.165, 1.54) is 4.88 Å². The van der Waals surface area contributed by atoms with E-state index >= 15 is 0 Å². The van der Waals surface area contributed by atoms with Gasteiger partial charge in [-0.2, -0.15) is 0 Å². The molecule has 0 unspecified atom stereocenters. The Labute approximate surface area is 103 Å². The number of fused-ring (bicyclic) bond motifs is 3. The molecule has 3 rings (SSSR count). The molecule has 0 fully saturated rings. The minimum atomic E-state index is -0.304. The van der Waals surface area contributed by atoms with Crippen molar-refractivity contribution < 1.29 is 4.74 Å². The van der Waals surface area contributed by atoms with E-state index in [4.69, 9.17) is 17.0 Å². The largest absolute Gasteiger partial charge is 0.482 e. The average molecular weight is 249 g/mol. The van der Waals surface area contributed by atoms with Crippen LogP contribution in [0.4, 0.5) is 0 Å². The van der Waals surface area contributed by atoms with Crippen molar-refractivity contribution in [1.82, 2.24) is 4.98 Å². The molecule has 2 aromatic rings. The van der Waals surface area contributed by atoms with Gasteiger partial charge in [0, 0.05) is 5.56 Å². The third-order valence-electron chi connectivity index (χ3n) is 2.72. The summed E-state index contributed by atoms with van der Waals surface area (Å²) in [5, 5.41) is 0. The molecule has 0 saturated heterocycles. The first kappa shape index (κ1) is 10.1. The maximum atomic E-state index is 6.00. The summed E-state index contributed by atoms with van der Waals surface area (Å²) in [4.78, 5) is 4.44. The van der Waals surface area contributed by atoms with Gasteiger partial charge in [0.05, 0.1) is 10.6 Å². The first-order chi connectivity index (χ1) is 7.58. The molecule has 1 aromatic carbocycles. The highest BCUT2D eigenvalue weighted by molar-refractivity contribution is 7.73. The van der Waals surface area contributed by atoms with Gasteiger partial charge < -0.3 is 9.72 Å². The van der Waals surface area contributed by atoms with Crippen molar-refractivity contribution in [3.63, 3.8) is 0 Å². The van der Waals surface area contributed by atoms with Gasteiger partial charge in [-0.25, -0.2) is 0 Å². The fraction of sp³-hybridized carbons (Fsp3) is 0.250. The third kappa shape index (κ3) is 1.33. The van der Waals surface area contributed by atoms with Crippen LogP contribution in [0.5, 0.6) is 5.75 Å². The van der Waals surface area contributed by atoms with E-state index in [0.29, 0.717) is 0 Å². The Hall–Kier alpha value is -1.13. The Morgan fingerprint density at radius 3 is 2.88 bits per heavy atom. The van der Waals surface area contributed by atoms with Crippen LogP contribution in [-0.2, 0) is 5.60 Å². The molecular weight excluding hydrogens is 238 g/mol. The molecular formula is C12H11NOS2. The fourth-order valence-corrected chi connectivity index (χ4v) is 3.27. The van der Waals surface area contributed by atoms with Gasteiger partial charge in [-0.1, -0.05) is 12.1 Å². The molecule has 0 atom stereocenters. The molecule has 1 aromatic heterocycles. The zero-order chi connectivity index (χ0) is 11.3. The first-order valence-electron chi connectivity index (χ1n) is 5.10. The highest BCUT2D eigenvalue weighted by Crippen LogP contribution is 2.46. The van der Waals surface area contributed by atoms with Gasteiger partial charge >= 0.3 is 0 Å². The number of para-hydroxylation sites is 1. The summed E-state index contributed by atoms with van der Waals surface area (Å²) in [6.07, 6.45) is 0. The Kier molecular flexibility index (Phi) is 2.00. The van der Waals surface area contributed by atoms with Crippen LogP contribution in [0, 0.1) is 3.95 Å². The summed E-state index contributed by atoms with van der Waals surface area (Å²) in [6.45, 7) is 4.14. The number of nitrogens with one attached hydrogen (secondary N) is 1. The number of aromatic nitrogens is 1. The van der Waals surface area contributed by atoms with Gasteiger partial charge in [-0.05, 0) is 38.2 Å². The maximum absolute atomic E-state index is 6.00. The van der Waals surface area contributed by atoms with Crippen LogP contribution >= 0.6 is 23.6 Å². The second-order valence-corrected chi connectivity index (χ2v) is 6.01. The zero-order valence-corrected chi connectivity index (χ0v) is 10.7. The van der Waals surface area contributed by atoms with E-state index in [1.807, 2.05) is 18.2 Å². The van der Waals surface area contributed by atoms with Crippen LogP contribution < -0.4 is 4.74 Å². The average Bonchev–Trinajstić information content (AvgIpc) is 2.61. The van der Waals surface area contributed by atoms with Crippen LogP contribution in [0.3, 0.4) is 0 Å². The van der Waals surface area contributed by atoms with Gasteiger partial charge in [-0.15, -0.1) is 11.3 Å². The number of benzene rings is 1. The third-order valence-corrected chi connectivity index (χ3v) is 4.26. The van der Waals surface area contributed by atoms with Crippen molar-refractivity contribution in [2.24, 2.45) is 0 Å². The van der Waals surface area contributed by atoms with Gasteiger partial charge in [0.1, 0.15) is 11.4 Å². The smallest absolute Gasteiger partial charge is 0.159 e. The van der Waals surface area contributed by atoms with Crippen LogP contribution in [0.2, 0.25) is 0 Å². The summed E-state index contributed by atoms with van der Waals surface area (Å²) in [5.74, 6) is 0.920. The molecule has 2 heterocycles. The summed E-state index contributed by atoms with van der Waals surface area (Å²) >= 11 is 6.81. The lowest BCUT2D eigenvalue weighted by Crippen LogP contribution is -2.27. The second-order valence-electron chi connectivity index (χ2n) is 4.33. The van der Waals surface area contributed by atoms with E-state index in [0.717, 1.165) is 21.0 Å². The molecule has 1 aliphatic heterocycles. The van der Waals surface area contributed by atoms with Gasteiger partial charge in [0.25, 0.3) is 0 Å². The van der Waals surface area contributed by atoms with E-state index in [2.05, 4.69) is 24.9 Å². The van der Waals surface area contributed by atoms with Crippen molar-refractivity contribution in [3.05, 3.63) is 33.1 Å². The van der Waals surface area contributed by atoms with Crippen LogP contribution in [-0.4, -0.2) is 4.98 Å². The lowest BCUT2D eigenvalue weighted by molar-refractivity contribution is 0.109. The van der Waals surface area contributed by atoms with Gasteiger partial charge in [-0.3, -0.25) is 0 Å². The molecule has 0 amide bonds. The van der Waals surface area contributed by atoms with Gasteiger partial charge in [0.2, 0.25) is 0 Å². The molecule has 0 bridgehead atoms. The highest BCUT2D eigenvalue weighted by Gasteiger charge is 2.34. The second kappa shape index (κ2) is 3.18. The summed E-state index contributed by atoms with van der Waals surface area (Å²) in [5.41, 5.74) is 1.91. The molecule has 0 spiro atoms. The standard InChI is InChI=1S/C12H11NOS2/c1-12(2)10-9(13-11(15)16-10)7-5-3-4-6-8(7)14-12/h3-6H,1-2H3,(H,13,15). The predicted molar refractivity (Wildman–Crippen MR) is 68.6 cm³/mol. The quantitative estimate of drug-likeness (QED) is 0.711. The van der Waals surface area contributed by atoms with Crippen molar-refractivity contribution in [2.45, 2.75) is 19.4 Å². The molecule has 82 valence electrons. The molecule has 0 radical (unpaired) electrons. The van der Waals surface area contributed by atoms with Crippen LogP contribution in [0.25, 0.3) is 11.3 Å². The first-order valence-corrected chi connectivity index (χ1v) is 6.32. The highest BCUT2D eigenvalue weighted by atomic mass is 32.1. The Morgan fingerprint density at radius 1 is 1.31 bits per heavy atom. The number of hydrogen-bond acceptors (Lipinski definition) is 3. The normalized spacial score (nSPS) is 16.1. The Balaban J connectivity index is 2.37. The molecule has 1 N–H and O–H groups in total. The number of H-pyrrole nitrogens is 1. The lowest BCUT2D eigenvalue weighted by atomic mass is 9.97. The van der Waals surface area contributed by atoms with Crippen LogP contribution in [0.15, 0.2) is 24.3 Å². The molecule has 2 nitrogen and oxygen atoms in total. The van der Waals surface area contributed by atoms with E-state index in [1.54, 1.807) is 11.3 Å². The zero-order valence-electron chi connectivity index (χ0n) is 9.03. The van der Waals surface area contributed by atoms with E-state index in [-0.39, 0.29) is 5.60 Å². The minimum Gasteiger partial charge on any atom is -0.482 e. The van der Waals surface area contributed by atoms with Crippen molar-refractivity contribution >= 4 is 23.6 Å². The summed E-state index contributed by atoms with van der Waals surface area (Å²) < 4.78 is 6.81. The van der Waals surface area contributed by atoms with E-state index < -0.39 is 0 Å². The van der Waals surface area contributed by atoms with Gasteiger partial charge in [0.15, 0.2) is 3.95 Å². The number of ether oxygens (including phenoxy) is 1.